The monoisotopic (exact) mass is 236 g/mol. The van der Waals surface area contributed by atoms with Crippen molar-refractivity contribution in [3.8, 4) is 0 Å². The maximum Gasteiger partial charge on any atom is 0.244 e. The van der Waals surface area contributed by atoms with E-state index in [-0.39, 0.29) is 6.35 Å². The molecule has 94 valence electrons. The van der Waals surface area contributed by atoms with Crippen LogP contribution in [0.1, 0.15) is 32.1 Å². The quantitative estimate of drug-likeness (QED) is 0.729. The van der Waals surface area contributed by atoms with Gasteiger partial charge in [0.25, 0.3) is 0 Å². The molecule has 0 radical (unpaired) electrons. The molecule has 3 N–H and O–H groups in total. The standard InChI is InChI=1S/C12H20N4O/c13-11-16(9-6-14-7-9)15-10(17-11)8-4-12(5-8)2-1-3-12/h8-9,11,14H,1-7,13H2. The molecule has 4 rings (SSSR count). The molecule has 1 saturated heterocycles. The van der Waals surface area contributed by atoms with Crippen molar-refractivity contribution in [2.45, 2.75) is 44.5 Å². The first-order valence-corrected chi connectivity index (χ1v) is 6.76. The average molecular weight is 236 g/mol. The second-order valence-electron chi connectivity index (χ2n) is 6.10. The van der Waals surface area contributed by atoms with Gasteiger partial charge in [-0.3, -0.25) is 5.73 Å². The number of ether oxygens (including phenoxy) is 1. The van der Waals surface area contributed by atoms with Crippen molar-refractivity contribution in [1.82, 2.24) is 10.3 Å². The molecular weight excluding hydrogens is 216 g/mol. The van der Waals surface area contributed by atoms with E-state index in [1.54, 1.807) is 0 Å². The van der Waals surface area contributed by atoms with E-state index in [1.807, 2.05) is 5.01 Å². The smallest absolute Gasteiger partial charge is 0.244 e. The van der Waals surface area contributed by atoms with Crippen molar-refractivity contribution in [2.24, 2.45) is 22.2 Å². The van der Waals surface area contributed by atoms with Crippen LogP contribution < -0.4 is 11.1 Å². The number of rotatable bonds is 2. The van der Waals surface area contributed by atoms with Crippen LogP contribution in [0.2, 0.25) is 0 Å². The Labute approximate surface area is 101 Å². The maximum atomic E-state index is 5.97. The van der Waals surface area contributed by atoms with Crippen LogP contribution in [0.25, 0.3) is 0 Å². The molecule has 0 aromatic carbocycles. The molecule has 0 bridgehead atoms. The molecule has 0 amide bonds. The van der Waals surface area contributed by atoms with E-state index in [2.05, 4.69) is 10.4 Å². The molecule has 2 aliphatic carbocycles. The van der Waals surface area contributed by atoms with Crippen LogP contribution in [-0.2, 0) is 4.74 Å². The van der Waals surface area contributed by atoms with Gasteiger partial charge < -0.3 is 10.1 Å². The highest BCUT2D eigenvalue weighted by Gasteiger charge is 2.52. The molecule has 4 aliphatic rings. The Balaban J connectivity index is 1.41. The van der Waals surface area contributed by atoms with Gasteiger partial charge in [-0.05, 0) is 31.1 Å². The lowest BCUT2D eigenvalue weighted by Crippen LogP contribution is -2.58. The number of nitrogens with one attached hydrogen (secondary N) is 1. The van der Waals surface area contributed by atoms with Gasteiger partial charge in [-0.2, -0.15) is 0 Å². The fourth-order valence-electron chi connectivity index (χ4n) is 3.55. The normalized spacial score (nSPS) is 35.9. The van der Waals surface area contributed by atoms with E-state index in [4.69, 9.17) is 10.5 Å². The zero-order valence-electron chi connectivity index (χ0n) is 10.1. The molecule has 0 aromatic rings. The summed E-state index contributed by atoms with van der Waals surface area (Å²) in [6.07, 6.45) is 6.44. The summed E-state index contributed by atoms with van der Waals surface area (Å²) in [6.45, 7) is 1.95. The van der Waals surface area contributed by atoms with Gasteiger partial charge in [0.2, 0.25) is 12.2 Å². The van der Waals surface area contributed by atoms with E-state index in [0.717, 1.165) is 19.0 Å². The summed E-state index contributed by atoms with van der Waals surface area (Å²) < 4.78 is 5.72. The molecule has 17 heavy (non-hydrogen) atoms. The molecule has 2 aliphatic heterocycles. The molecule has 0 aromatic heterocycles. The predicted octanol–water partition coefficient (Wildman–Crippen LogP) is 0.426. The molecule has 2 saturated carbocycles. The summed E-state index contributed by atoms with van der Waals surface area (Å²) in [5.41, 5.74) is 6.64. The Morgan fingerprint density at radius 3 is 2.65 bits per heavy atom. The summed E-state index contributed by atoms with van der Waals surface area (Å²) >= 11 is 0. The number of hydrogen-bond donors (Lipinski definition) is 2. The predicted molar refractivity (Wildman–Crippen MR) is 64.0 cm³/mol. The van der Waals surface area contributed by atoms with E-state index in [9.17, 15) is 0 Å². The van der Waals surface area contributed by atoms with Crippen LogP contribution in [0, 0.1) is 11.3 Å². The zero-order valence-corrected chi connectivity index (χ0v) is 10.1. The number of nitrogens with zero attached hydrogens (tertiary/aromatic N) is 2. The average Bonchev–Trinajstić information content (AvgIpc) is 2.40. The SMILES string of the molecule is NC1OC(C2CC3(CCC3)C2)=NN1C1CNC1. The number of hydrazone groups is 1. The molecule has 1 atom stereocenters. The highest BCUT2D eigenvalue weighted by Crippen LogP contribution is 2.59. The van der Waals surface area contributed by atoms with Crippen LogP contribution >= 0.6 is 0 Å². The third-order valence-corrected chi connectivity index (χ3v) is 4.97. The lowest BCUT2D eigenvalue weighted by Gasteiger charge is -2.53. The Kier molecular flexibility index (Phi) is 2.00. The fourth-order valence-corrected chi connectivity index (χ4v) is 3.55. The first-order chi connectivity index (χ1) is 8.26. The molecule has 5 heteroatoms. The molecule has 3 fully saturated rings. The summed E-state index contributed by atoms with van der Waals surface area (Å²) in [4.78, 5) is 0. The number of hydrogen-bond acceptors (Lipinski definition) is 5. The van der Waals surface area contributed by atoms with Crippen molar-refractivity contribution in [1.29, 1.82) is 0 Å². The van der Waals surface area contributed by atoms with Crippen LogP contribution in [0.5, 0.6) is 0 Å². The first-order valence-electron chi connectivity index (χ1n) is 6.76. The Bertz CT molecular complexity index is 354. The highest BCUT2D eigenvalue weighted by molar-refractivity contribution is 5.81. The Morgan fingerprint density at radius 2 is 2.12 bits per heavy atom. The minimum atomic E-state index is -0.352. The molecular formula is C12H20N4O. The third kappa shape index (κ3) is 1.42. The second kappa shape index (κ2) is 3.36. The van der Waals surface area contributed by atoms with Gasteiger partial charge in [-0.1, -0.05) is 6.42 Å². The van der Waals surface area contributed by atoms with Crippen molar-refractivity contribution in [2.75, 3.05) is 13.1 Å². The highest BCUT2D eigenvalue weighted by atomic mass is 16.5. The summed E-state index contributed by atoms with van der Waals surface area (Å²) in [5, 5.41) is 9.78. The van der Waals surface area contributed by atoms with Crippen molar-refractivity contribution >= 4 is 5.90 Å². The molecule has 2 heterocycles. The summed E-state index contributed by atoms with van der Waals surface area (Å²) in [5.74, 6) is 1.45. The lowest BCUT2D eigenvalue weighted by molar-refractivity contribution is -0.0180. The van der Waals surface area contributed by atoms with E-state index in [0.29, 0.717) is 17.4 Å². The minimum absolute atomic E-state index is 0.352. The third-order valence-electron chi connectivity index (χ3n) is 4.97. The summed E-state index contributed by atoms with van der Waals surface area (Å²) in [6, 6.07) is 0.431. The van der Waals surface area contributed by atoms with E-state index < -0.39 is 0 Å². The van der Waals surface area contributed by atoms with E-state index in [1.165, 1.54) is 32.1 Å². The second-order valence-corrected chi connectivity index (χ2v) is 6.10. The lowest BCUT2D eigenvalue weighted by atomic mass is 9.52. The van der Waals surface area contributed by atoms with Crippen LogP contribution in [0.15, 0.2) is 5.10 Å². The van der Waals surface area contributed by atoms with Gasteiger partial charge in [-0.15, -0.1) is 5.10 Å². The van der Waals surface area contributed by atoms with Crippen molar-refractivity contribution in [3.05, 3.63) is 0 Å². The maximum absolute atomic E-state index is 5.97. The van der Waals surface area contributed by atoms with Crippen LogP contribution in [0.4, 0.5) is 0 Å². The van der Waals surface area contributed by atoms with Gasteiger partial charge in [0.15, 0.2) is 0 Å². The largest absolute Gasteiger partial charge is 0.441 e. The fraction of sp³-hybridized carbons (Fsp3) is 0.917. The van der Waals surface area contributed by atoms with Crippen LogP contribution in [-0.4, -0.2) is 36.4 Å². The first kappa shape index (κ1) is 10.1. The Morgan fingerprint density at radius 1 is 1.35 bits per heavy atom. The number of nitrogens with two attached hydrogens (primary N) is 1. The molecule has 1 unspecified atom stereocenters. The molecule has 5 nitrogen and oxygen atoms in total. The topological polar surface area (TPSA) is 62.9 Å². The summed E-state index contributed by atoms with van der Waals surface area (Å²) in [7, 11) is 0. The van der Waals surface area contributed by atoms with Crippen molar-refractivity contribution < 1.29 is 4.74 Å². The van der Waals surface area contributed by atoms with Crippen LogP contribution in [0.3, 0.4) is 0 Å². The van der Waals surface area contributed by atoms with Gasteiger partial charge in [0, 0.05) is 19.0 Å². The Hall–Kier alpha value is -0.810. The van der Waals surface area contributed by atoms with Gasteiger partial charge in [0.05, 0.1) is 6.04 Å². The minimum Gasteiger partial charge on any atom is -0.441 e. The van der Waals surface area contributed by atoms with E-state index >= 15 is 0 Å². The van der Waals surface area contributed by atoms with Gasteiger partial charge >= 0.3 is 0 Å². The molecule has 1 spiro atoms. The zero-order chi connectivity index (χ0) is 11.5. The van der Waals surface area contributed by atoms with Gasteiger partial charge in [0.1, 0.15) is 0 Å². The van der Waals surface area contributed by atoms with Gasteiger partial charge in [-0.25, -0.2) is 5.01 Å². The van der Waals surface area contributed by atoms with Crippen molar-refractivity contribution in [3.63, 3.8) is 0 Å².